The molecule has 2 aromatic carbocycles. The first-order valence-electron chi connectivity index (χ1n) is 9.56. The zero-order valence-electron chi connectivity index (χ0n) is 17.4. The van der Waals surface area contributed by atoms with Gasteiger partial charge in [-0.05, 0) is 58.6 Å². The zero-order chi connectivity index (χ0) is 22.1. The first-order valence-corrected chi connectivity index (χ1v) is 10.4. The van der Waals surface area contributed by atoms with Crippen molar-refractivity contribution in [2.45, 2.75) is 26.8 Å². The van der Waals surface area contributed by atoms with Crippen LogP contribution in [-0.4, -0.2) is 37.8 Å². The van der Waals surface area contributed by atoms with Crippen molar-refractivity contribution in [2.24, 2.45) is 11.0 Å². The number of halogens is 1. The molecule has 0 saturated carbocycles. The van der Waals surface area contributed by atoms with Crippen LogP contribution >= 0.6 is 15.9 Å². The molecule has 0 aliphatic carbocycles. The summed E-state index contributed by atoms with van der Waals surface area (Å²) < 4.78 is 11.6. The fourth-order valence-corrected chi connectivity index (χ4v) is 3.26. The van der Waals surface area contributed by atoms with E-state index in [9.17, 15) is 9.59 Å². The van der Waals surface area contributed by atoms with Gasteiger partial charge in [0.25, 0.3) is 11.8 Å². The van der Waals surface area contributed by atoms with Gasteiger partial charge in [-0.15, -0.1) is 0 Å². The number of carbonyl (C=O) groups is 2. The third-order valence-electron chi connectivity index (χ3n) is 4.20. The van der Waals surface area contributed by atoms with Crippen LogP contribution in [0.2, 0.25) is 0 Å². The van der Waals surface area contributed by atoms with Gasteiger partial charge in [-0.3, -0.25) is 9.59 Å². The Hall–Kier alpha value is -2.87. The predicted molar refractivity (Wildman–Crippen MR) is 120 cm³/mol. The number of amides is 2. The van der Waals surface area contributed by atoms with Crippen molar-refractivity contribution in [3.8, 4) is 11.5 Å². The molecule has 30 heavy (non-hydrogen) atoms. The van der Waals surface area contributed by atoms with Crippen LogP contribution in [0.1, 0.15) is 36.7 Å². The largest absolute Gasteiger partial charge is 0.493 e. The maximum Gasteiger partial charge on any atom is 0.262 e. The smallest absolute Gasteiger partial charge is 0.262 e. The summed E-state index contributed by atoms with van der Waals surface area (Å²) in [6.45, 7) is 6.10. The summed E-state index contributed by atoms with van der Waals surface area (Å²) in [5.74, 6) is 0.322. The highest BCUT2D eigenvalue weighted by molar-refractivity contribution is 9.10. The topological polar surface area (TPSA) is 89.0 Å². The molecule has 0 aromatic heterocycles. The number of hydrogen-bond acceptors (Lipinski definition) is 5. The maximum atomic E-state index is 12.6. The van der Waals surface area contributed by atoms with Crippen molar-refractivity contribution in [2.75, 3.05) is 13.7 Å². The maximum absolute atomic E-state index is 12.6. The molecule has 2 amide bonds. The third kappa shape index (κ3) is 6.32. The number of benzene rings is 2. The molecule has 0 heterocycles. The summed E-state index contributed by atoms with van der Waals surface area (Å²) in [6, 6.07) is 11.6. The molecule has 0 radical (unpaired) electrons. The zero-order valence-corrected chi connectivity index (χ0v) is 19.0. The van der Waals surface area contributed by atoms with Gasteiger partial charge in [0.1, 0.15) is 6.04 Å². The van der Waals surface area contributed by atoms with Gasteiger partial charge < -0.3 is 14.8 Å². The Bertz CT molecular complexity index is 901. The van der Waals surface area contributed by atoms with Crippen LogP contribution in [0.5, 0.6) is 11.5 Å². The quantitative estimate of drug-likeness (QED) is 0.426. The van der Waals surface area contributed by atoms with E-state index in [1.807, 2.05) is 26.8 Å². The standard InChI is InChI=1S/C22H26BrN3O4/c1-5-30-20-17(23)11-15(12-18(20)29-4)13-24-26-22(28)19(14(2)3)25-21(27)16-9-7-6-8-10-16/h6-14,19H,5H2,1-4H3,(H,25,27)(H,26,28)/b24-13+. The van der Waals surface area contributed by atoms with Crippen LogP contribution in [0.25, 0.3) is 0 Å². The van der Waals surface area contributed by atoms with Crippen LogP contribution in [0, 0.1) is 5.92 Å². The first kappa shape index (κ1) is 23.4. The van der Waals surface area contributed by atoms with Gasteiger partial charge in [-0.1, -0.05) is 32.0 Å². The number of hydrazone groups is 1. The molecule has 0 aliphatic rings. The minimum Gasteiger partial charge on any atom is -0.493 e. The molecule has 160 valence electrons. The van der Waals surface area contributed by atoms with Crippen molar-refractivity contribution in [3.05, 3.63) is 58.1 Å². The summed E-state index contributed by atoms with van der Waals surface area (Å²) in [4.78, 5) is 25.0. The Morgan fingerprint density at radius 1 is 1.20 bits per heavy atom. The lowest BCUT2D eigenvalue weighted by Gasteiger charge is -2.20. The molecular weight excluding hydrogens is 450 g/mol. The van der Waals surface area contributed by atoms with Gasteiger partial charge in [0.05, 0.1) is 24.4 Å². The molecule has 0 bridgehead atoms. The van der Waals surface area contributed by atoms with E-state index in [2.05, 4.69) is 31.8 Å². The minimum atomic E-state index is -0.726. The van der Waals surface area contributed by atoms with Gasteiger partial charge in [0.15, 0.2) is 11.5 Å². The number of ether oxygens (including phenoxy) is 2. The van der Waals surface area contributed by atoms with E-state index in [0.29, 0.717) is 33.7 Å². The van der Waals surface area contributed by atoms with Gasteiger partial charge in [0, 0.05) is 5.56 Å². The molecule has 0 aliphatic heterocycles. The Labute approximate surface area is 185 Å². The highest BCUT2D eigenvalue weighted by Crippen LogP contribution is 2.36. The normalized spacial score (nSPS) is 11.9. The molecule has 7 nitrogen and oxygen atoms in total. The summed E-state index contributed by atoms with van der Waals surface area (Å²) in [7, 11) is 1.55. The van der Waals surface area contributed by atoms with Crippen LogP contribution in [0.15, 0.2) is 52.0 Å². The fourth-order valence-electron chi connectivity index (χ4n) is 2.69. The Kier molecular flexibility index (Phi) is 8.86. The summed E-state index contributed by atoms with van der Waals surface area (Å²) in [6.07, 6.45) is 1.50. The second-order valence-electron chi connectivity index (χ2n) is 6.76. The van der Waals surface area contributed by atoms with E-state index < -0.39 is 11.9 Å². The predicted octanol–water partition coefficient (Wildman–Crippen LogP) is 3.76. The van der Waals surface area contributed by atoms with Crippen molar-refractivity contribution >= 4 is 34.0 Å². The molecule has 2 N–H and O–H groups in total. The lowest BCUT2D eigenvalue weighted by Crippen LogP contribution is -2.48. The van der Waals surface area contributed by atoms with Crippen molar-refractivity contribution in [1.82, 2.24) is 10.7 Å². The average molecular weight is 476 g/mol. The van der Waals surface area contributed by atoms with Gasteiger partial charge >= 0.3 is 0 Å². The molecule has 0 spiro atoms. The van der Waals surface area contributed by atoms with Gasteiger partial charge in [-0.2, -0.15) is 5.10 Å². The number of nitrogens with zero attached hydrogens (tertiary/aromatic N) is 1. The SMILES string of the molecule is CCOc1c(Br)cc(/C=N/NC(=O)C(NC(=O)c2ccccc2)C(C)C)cc1OC. The van der Waals surface area contributed by atoms with Crippen molar-refractivity contribution in [1.29, 1.82) is 0 Å². The van der Waals surface area contributed by atoms with E-state index in [1.165, 1.54) is 6.21 Å². The first-order chi connectivity index (χ1) is 14.4. The van der Waals surface area contributed by atoms with Crippen LogP contribution < -0.4 is 20.2 Å². The Morgan fingerprint density at radius 3 is 2.50 bits per heavy atom. The molecule has 2 aromatic rings. The van der Waals surface area contributed by atoms with Crippen LogP contribution in [0.3, 0.4) is 0 Å². The second kappa shape index (κ2) is 11.3. The number of rotatable bonds is 9. The third-order valence-corrected chi connectivity index (χ3v) is 4.79. The second-order valence-corrected chi connectivity index (χ2v) is 7.62. The van der Waals surface area contributed by atoms with Gasteiger partial charge in [-0.25, -0.2) is 5.43 Å². The number of hydrogen-bond donors (Lipinski definition) is 2. The summed E-state index contributed by atoms with van der Waals surface area (Å²) >= 11 is 3.45. The minimum absolute atomic E-state index is 0.118. The summed E-state index contributed by atoms with van der Waals surface area (Å²) in [5.41, 5.74) is 3.69. The Morgan fingerprint density at radius 2 is 1.90 bits per heavy atom. The number of nitrogens with one attached hydrogen (secondary N) is 2. The van der Waals surface area contributed by atoms with E-state index in [4.69, 9.17) is 9.47 Å². The van der Waals surface area contributed by atoms with Crippen molar-refractivity contribution < 1.29 is 19.1 Å². The number of methoxy groups -OCH3 is 1. The molecule has 8 heteroatoms. The monoisotopic (exact) mass is 475 g/mol. The van der Waals surface area contributed by atoms with E-state index in [-0.39, 0.29) is 11.8 Å². The highest BCUT2D eigenvalue weighted by Gasteiger charge is 2.24. The van der Waals surface area contributed by atoms with Crippen molar-refractivity contribution in [3.63, 3.8) is 0 Å². The van der Waals surface area contributed by atoms with E-state index >= 15 is 0 Å². The lowest BCUT2D eigenvalue weighted by molar-refractivity contribution is -0.123. The number of carbonyl (C=O) groups excluding carboxylic acids is 2. The van der Waals surface area contributed by atoms with Crippen LogP contribution in [0.4, 0.5) is 0 Å². The fraction of sp³-hybridized carbons (Fsp3) is 0.318. The van der Waals surface area contributed by atoms with Crippen LogP contribution in [-0.2, 0) is 4.79 Å². The molecule has 0 fully saturated rings. The lowest BCUT2D eigenvalue weighted by atomic mass is 10.0. The van der Waals surface area contributed by atoms with E-state index in [1.54, 1.807) is 43.5 Å². The van der Waals surface area contributed by atoms with Gasteiger partial charge in [0.2, 0.25) is 0 Å². The molecule has 1 atom stereocenters. The highest BCUT2D eigenvalue weighted by atomic mass is 79.9. The van der Waals surface area contributed by atoms with E-state index in [0.717, 1.165) is 0 Å². The average Bonchev–Trinajstić information content (AvgIpc) is 2.73. The molecule has 0 saturated heterocycles. The molecular formula is C22H26BrN3O4. The molecule has 2 rings (SSSR count). The molecule has 1 unspecified atom stereocenters. The Balaban J connectivity index is 2.07. The summed E-state index contributed by atoms with van der Waals surface area (Å²) in [5, 5.41) is 6.79.